The van der Waals surface area contributed by atoms with E-state index in [4.69, 9.17) is 0 Å². The lowest BCUT2D eigenvalue weighted by Gasteiger charge is -2.45. The minimum absolute atomic E-state index is 0.315. The van der Waals surface area contributed by atoms with Gasteiger partial charge in [0, 0.05) is 44.0 Å². The molecule has 2 unspecified atom stereocenters. The van der Waals surface area contributed by atoms with Gasteiger partial charge >= 0.3 is 0 Å². The van der Waals surface area contributed by atoms with Crippen LogP contribution in [0.4, 0.5) is 0 Å². The Balaban J connectivity index is 1.45. The van der Waals surface area contributed by atoms with Gasteiger partial charge in [0.1, 0.15) is 0 Å². The molecule has 0 aromatic carbocycles. The molecule has 3 rings (SSSR count). The summed E-state index contributed by atoms with van der Waals surface area (Å²) in [5, 5.41) is 0. The number of piperidine rings is 2. The quantitative estimate of drug-likeness (QED) is 0.788. The SMILES string of the molecule is Cc1ccc(C)n1CCCC(=O)N(C)CC1CCCN2CCCCC12. The van der Waals surface area contributed by atoms with E-state index in [-0.39, 0.29) is 0 Å². The molecule has 0 N–H and O–H groups in total. The smallest absolute Gasteiger partial charge is 0.222 e. The summed E-state index contributed by atoms with van der Waals surface area (Å²) in [4.78, 5) is 17.3. The Hall–Kier alpha value is -1.29. The summed E-state index contributed by atoms with van der Waals surface area (Å²) in [5.74, 6) is 0.993. The number of aromatic nitrogens is 1. The van der Waals surface area contributed by atoms with Gasteiger partial charge in [-0.05, 0) is 77.1 Å². The maximum Gasteiger partial charge on any atom is 0.222 e. The van der Waals surface area contributed by atoms with Gasteiger partial charge in [0.05, 0.1) is 0 Å². The van der Waals surface area contributed by atoms with E-state index in [1.165, 1.54) is 56.6 Å². The van der Waals surface area contributed by atoms with Crippen LogP contribution in [0.1, 0.15) is 56.3 Å². The van der Waals surface area contributed by atoms with E-state index in [0.717, 1.165) is 25.6 Å². The first kappa shape index (κ1) is 18.5. The van der Waals surface area contributed by atoms with Gasteiger partial charge < -0.3 is 14.4 Å². The molecule has 0 aliphatic carbocycles. The predicted molar refractivity (Wildman–Crippen MR) is 103 cm³/mol. The summed E-state index contributed by atoms with van der Waals surface area (Å²) < 4.78 is 2.31. The number of rotatable bonds is 6. The second kappa shape index (κ2) is 8.39. The molecule has 1 aromatic rings. The first-order valence-corrected chi connectivity index (χ1v) is 10.2. The molecule has 140 valence electrons. The van der Waals surface area contributed by atoms with Crippen molar-refractivity contribution in [2.75, 3.05) is 26.7 Å². The average Bonchev–Trinajstić information content (AvgIpc) is 2.94. The van der Waals surface area contributed by atoms with Crippen LogP contribution in [0.3, 0.4) is 0 Å². The molecule has 2 aliphatic heterocycles. The van der Waals surface area contributed by atoms with E-state index in [9.17, 15) is 4.79 Å². The molecule has 2 aliphatic rings. The number of nitrogens with zero attached hydrogens (tertiary/aromatic N) is 3. The number of hydrogen-bond acceptors (Lipinski definition) is 2. The lowest BCUT2D eigenvalue weighted by molar-refractivity contribution is -0.131. The van der Waals surface area contributed by atoms with Gasteiger partial charge in [0.2, 0.25) is 5.91 Å². The van der Waals surface area contributed by atoms with Crippen LogP contribution in [0.5, 0.6) is 0 Å². The highest BCUT2D eigenvalue weighted by Crippen LogP contribution is 2.31. The van der Waals surface area contributed by atoms with Gasteiger partial charge in [0.15, 0.2) is 0 Å². The Labute approximate surface area is 153 Å². The molecule has 0 bridgehead atoms. The zero-order chi connectivity index (χ0) is 17.8. The van der Waals surface area contributed by atoms with Crippen LogP contribution < -0.4 is 0 Å². The van der Waals surface area contributed by atoms with Crippen LogP contribution in [-0.2, 0) is 11.3 Å². The highest BCUT2D eigenvalue weighted by molar-refractivity contribution is 5.75. The van der Waals surface area contributed by atoms with Crippen molar-refractivity contribution in [3.05, 3.63) is 23.5 Å². The summed E-state index contributed by atoms with van der Waals surface area (Å²) >= 11 is 0. The van der Waals surface area contributed by atoms with Crippen LogP contribution in [0, 0.1) is 19.8 Å². The van der Waals surface area contributed by atoms with Gasteiger partial charge in [-0.2, -0.15) is 0 Å². The Morgan fingerprint density at radius 1 is 1.12 bits per heavy atom. The largest absolute Gasteiger partial charge is 0.349 e. The lowest BCUT2D eigenvalue weighted by Crippen LogP contribution is -2.51. The highest BCUT2D eigenvalue weighted by Gasteiger charge is 2.33. The van der Waals surface area contributed by atoms with Crippen molar-refractivity contribution < 1.29 is 4.79 Å². The van der Waals surface area contributed by atoms with Gasteiger partial charge in [-0.3, -0.25) is 4.79 Å². The summed E-state index contributed by atoms with van der Waals surface area (Å²) in [6, 6.07) is 5.04. The van der Waals surface area contributed by atoms with Crippen molar-refractivity contribution in [3.8, 4) is 0 Å². The topological polar surface area (TPSA) is 28.5 Å². The number of aryl methyl sites for hydroxylation is 2. The number of fused-ring (bicyclic) bond motifs is 1. The van der Waals surface area contributed by atoms with Crippen molar-refractivity contribution in [2.45, 2.75) is 71.4 Å². The molecule has 0 spiro atoms. The fourth-order valence-corrected chi connectivity index (χ4v) is 4.88. The lowest BCUT2D eigenvalue weighted by atomic mass is 9.83. The van der Waals surface area contributed by atoms with Crippen molar-refractivity contribution in [3.63, 3.8) is 0 Å². The molecule has 4 nitrogen and oxygen atoms in total. The van der Waals surface area contributed by atoms with E-state index >= 15 is 0 Å². The molecule has 1 aromatic heterocycles. The third-order valence-corrected chi connectivity index (χ3v) is 6.35. The highest BCUT2D eigenvalue weighted by atomic mass is 16.2. The monoisotopic (exact) mass is 345 g/mol. The third-order valence-electron chi connectivity index (χ3n) is 6.35. The summed E-state index contributed by atoms with van der Waals surface area (Å²) in [6.07, 6.45) is 8.24. The predicted octanol–water partition coefficient (Wildman–Crippen LogP) is 3.61. The Morgan fingerprint density at radius 3 is 2.60 bits per heavy atom. The summed E-state index contributed by atoms with van der Waals surface area (Å²) in [5.41, 5.74) is 2.58. The van der Waals surface area contributed by atoms with E-state index < -0.39 is 0 Å². The zero-order valence-electron chi connectivity index (χ0n) is 16.3. The Kier molecular flexibility index (Phi) is 6.21. The molecule has 2 atom stereocenters. The van der Waals surface area contributed by atoms with E-state index in [2.05, 4.69) is 35.4 Å². The second-order valence-corrected chi connectivity index (χ2v) is 8.15. The summed E-state index contributed by atoms with van der Waals surface area (Å²) in [6.45, 7) is 8.72. The van der Waals surface area contributed by atoms with Crippen LogP contribution >= 0.6 is 0 Å². The van der Waals surface area contributed by atoms with Gasteiger partial charge in [-0.25, -0.2) is 0 Å². The Morgan fingerprint density at radius 2 is 1.84 bits per heavy atom. The van der Waals surface area contributed by atoms with E-state index in [1.54, 1.807) is 0 Å². The van der Waals surface area contributed by atoms with Gasteiger partial charge in [0.25, 0.3) is 0 Å². The van der Waals surface area contributed by atoms with Crippen molar-refractivity contribution in [1.82, 2.24) is 14.4 Å². The van der Waals surface area contributed by atoms with E-state index in [0.29, 0.717) is 18.2 Å². The van der Waals surface area contributed by atoms with Crippen LogP contribution in [-0.4, -0.2) is 53.0 Å². The van der Waals surface area contributed by atoms with Gasteiger partial charge in [-0.1, -0.05) is 6.42 Å². The van der Waals surface area contributed by atoms with Crippen molar-refractivity contribution >= 4 is 5.91 Å². The fourth-order valence-electron chi connectivity index (χ4n) is 4.88. The second-order valence-electron chi connectivity index (χ2n) is 8.15. The normalized spacial score (nSPS) is 24.1. The average molecular weight is 346 g/mol. The molecule has 3 heterocycles. The molecule has 2 fully saturated rings. The summed E-state index contributed by atoms with van der Waals surface area (Å²) in [7, 11) is 2.01. The van der Waals surface area contributed by atoms with Crippen molar-refractivity contribution in [1.29, 1.82) is 0 Å². The zero-order valence-corrected chi connectivity index (χ0v) is 16.3. The van der Waals surface area contributed by atoms with Gasteiger partial charge in [-0.15, -0.1) is 0 Å². The van der Waals surface area contributed by atoms with Crippen LogP contribution in [0.15, 0.2) is 12.1 Å². The third kappa shape index (κ3) is 4.46. The molecular formula is C21H35N3O. The first-order valence-electron chi connectivity index (χ1n) is 10.2. The number of amides is 1. The molecular weight excluding hydrogens is 310 g/mol. The number of hydrogen-bond donors (Lipinski definition) is 0. The molecule has 2 saturated heterocycles. The molecule has 4 heteroatoms. The molecule has 0 saturated carbocycles. The van der Waals surface area contributed by atoms with E-state index in [1.807, 2.05) is 11.9 Å². The number of carbonyl (C=O) groups excluding carboxylic acids is 1. The van der Waals surface area contributed by atoms with Crippen molar-refractivity contribution in [2.24, 2.45) is 5.92 Å². The standard InChI is InChI=1S/C21H35N3O/c1-17-11-12-18(2)24(17)15-7-10-21(25)22(3)16-19-8-6-14-23-13-5-4-9-20(19)23/h11-12,19-20H,4-10,13-16H2,1-3H3. The fraction of sp³-hybridized carbons (Fsp3) is 0.762. The van der Waals surface area contributed by atoms with Crippen LogP contribution in [0.2, 0.25) is 0 Å². The van der Waals surface area contributed by atoms with Crippen LogP contribution in [0.25, 0.3) is 0 Å². The minimum Gasteiger partial charge on any atom is -0.349 e. The number of carbonyl (C=O) groups is 1. The minimum atomic E-state index is 0.315. The Bertz CT molecular complexity index is 558. The first-order chi connectivity index (χ1) is 12.1. The molecule has 25 heavy (non-hydrogen) atoms. The molecule has 1 amide bonds. The maximum absolute atomic E-state index is 12.6. The maximum atomic E-state index is 12.6. The molecule has 0 radical (unpaired) electrons.